The van der Waals surface area contributed by atoms with Gasteiger partial charge in [-0.25, -0.2) is 0 Å². The SMILES string of the molecule is OC(CCl)CSSCC1CS1. The zero-order valence-electron chi connectivity index (χ0n) is 6.03. The first kappa shape index (κ1) is 10.4. The maximum Gasteiger partial charge on any atom is 0.0774 e. The fraction of sp³-hybridized carbons (Fsp3) is 1.00. The van der Waals surface area contributed by atoms with E-state index in [-0.39, 0.29) is 6.10 Å². The summed E-state index contributed by atoms with van der Waals surface area (Å²) in [7, 11) is 3.57. The van der Waals surface area contributed by atoms with E-state index in [0.29, 0.717) is 5.88 Å². The summed E-state index contributed by atoms with van der Waals surface area (Å²) in [4.78, 5) is 0. The topological polar surface area (TPSA) is 20.2 Å². The highest BCUT2D eigenvalue weighted by Gasteiger charge is 2.21. The zero-order valence-corrected chi connectivity index (χ0v) is 9.24. The van der Waals surface area contributed by atoms with Crippen LogP contribution in [0, 0.1) is 0 Å². The Labute approximate surface area is 84.4 Å². The lowest BCUT2D eigenvalue weighted by Gasteiger charge is -2.03. The third kappa shape index (κ3) is 5.53. The number of rotatable bonds is 6. The number of alkyl halides is 1. The summed E-state index contributed by atoms with van der Waals surface area (Å²) in [6.07, 6.45) is -0.332. The van der Waals surface area contributed by atoms with Crippen molar-refractivity contribution in [2.45, 2.75) is 11.4 Å². The van der Waals surface area contributed by atoms with Gasteiger partial charge >= 0.3 is 0 Å². The van der Waals surface area contributed by atoms with Gasteiger partial charge in [-0.1, -0.05) is 21.6 Å². The van der Waals surface area contributed by atoms with Crippen LogP contribution in [-0.2, 0) is 0 Å². The Hall–Kier alpha value is 1.30. The van der Waals surface area contributed by atoms with Crippen molar-refractivity contribution in [3.8, 4) is 0 Å². The predicted molar refractivity (Wildman–Crippen MR) is 57.9 cm³/mol. The van der Waals surface area contributed by atoms with E-state index in [0.717, 1.165) is 11.0 Å². The molecule has 0 aliphatic carbocycles. The van der Waals surface area contributed by atoms with E-state index in [2.05, 4.69) is 0 Å². The Bertz CT molecular complexity index is 110. The monoisotopic (exact) mass is 230 g/mol. The maximum atomic E-state index is 9.07. The molecule has 2 unspecified atom stereocenters. The van der Waals surface area contributed by atoms with Crippen LogP contribution in [0.1, 0.15) is 0 Å². The molecule has 1 nitrogen and oxygen atoms in total. The van der Waals surface area contributed by atoms with Crippen molar-refractivity contribution in [2.75, 3.05) is 23.1 Å². The molecule has 0 saturated carbocycles. The molecule has 1 aliphatic heterocycles. The van der Waals surface area contributed by atoms with Crippen LogP contribution in [0.15, 0.2) is 0 Å². The Morgan fingerprint density at radius 1 is 1.64 bits per heavy atom. The predicted octanol–water partition coefficient (Wildman–Crippen LogP) is 2.08. The smallest absolute Gasteiger partial charge is 0.0774 e. The first-order chi connectivity index (χ1) is 5.33. The fourth-order valence-electron chi connectivity index (χ4n) is 0.459. The minimum absolute atomic E-state index is 0.332. The van der Waals surface area contributed by atoms with Gasteiger partial charge < -0.3 is 5.11 Å². The highest BCUT2D eigenvalue weighted by molar-refractivity contribution is 8.76. The normalized spacial score (nSPS) is 25.1. The number of aliphatic hydroxyl groups is 1. The van der Waals surface area contributed by atoms with E-state index in [1.165, 1.54) is 11.5 Å². The molecule has 5 heteroatoms. The second kappa shape index (κ2) is 5.86. The molecule has 1 N–H and O–H groups in total. The van der Waals surface area contributed by atoms with Gasteiger partial charge in [-0.15, -0.1) is 11.6 Å². The van der Waals surface area contributed by atoms with Crippen LogP contribution < -0.4 is 0 Å². The molecule has 66 valence electrons. The molecular formula is C6H11ClOS3. The van der Waals surface area contributed by atoms with Gasteiger partial charge in [-0.05, 0) is 0 Å². The number of hydrogen-bond donors (Lipinski definition) is 1. The van der Waals surface area contributed by atoms with Crippen molar-refractivity contribution in [2.24, 2.45) is 0 Å². The van der Waals surface area contributed by atoms with Gasteiger partial charge in [0, 0.05) is 28.4 Å². The molecule has 0 amide bonds. The Balaban J connectivity index is 1.79. The van der Waals surface area contributed by atoms with Gasteiger partial charge in [-0.2, -0.15) is 11.8 Å². The van der Waals surface area contributed by atoms with Crippen LogP contribution >= 0.6 is 45.0 Å². The number of aliphatic hydroxyl groups excluding tert-OH is 1. The molecule has 1 saturated heterocycles. The molecule has 2 atom stereocenters. The summed E-state index contributed by atoms with van der Waals surface area (Å²) in [6, 6.07) is 0. The fourth-order valence-corrected chi connectivity index (χ4v) is 4.23. The van der Waals surface area contributed by atoms with E-state index >= 15 is 0 Å². The van der Waals surface area contributed by atoms with Crippen molar-refractivity contribution in [1.82, 2.24) is 0 Å². The summed E-state index contributed by atoms with van der Waals surface area (Å²) in [5.74, 6) is 3.65. The standard InChI is InChI=1S/C6H11ClOS3/c7-1-5(8)2-10-11-4-6-3-9-6/h5-6,8H,1-4H2. The van der Waals surface area contributed by atoms with E-state index in [1.54, 1.807) is 10.8 Å². The molecule has 1 aliphatic rings. The molecule has 0 aromatic carbocycles. The van der Waals surface area contributed by atoms with Crippen molar-refractivity contribution < 1.29 is 5.11 Å². The van der Waals surface area contributed by atoms with Crippen molar-refractivity contribution in [1.29, 1.82) is 0 Å². The summed E-state index contributed by atoms with van der Waals surface area (Å²) in [5, 5.41) is 9.96. The number of hydrogen-bond acceptors (Lipinski definition) is 4. The van der Waals surface area contributed by atoms with Gasteiger partial charge in [0.25, 0.3) is 0 Å². The Morgan fingerprint density at radius 3 is 2.91 bits per heavy atom. The average Bonchev–Trinajstić information content (AvgIpc) is 2.81. The maximum absolute atomic E-state index is 9.07. The van der Waals surface area contributed by atoms with E-state index in [9.17, 15) is 0 Å². The van der Waals surface area contributed by atoms with Gasteiger partial charge in [-0.3, -0.25) is 0 Å². The van der Waals surface area contributed by atoms with Crippen molar-refractivity contribution >= 4 is 45.0 Å². The summed E-state index contributed by atoms with van der Waals surface area (Å²) >= 11 is 7.44. The molecule has 1 heterocycles. The Morgan fingerprint density at radius 2 is 2.36 bits per heavy atom. The zero-order chi connectivity index (χ0) is 8.10. The Kier molecular flexibility index (Phi) is 5.53. The summed E-state index contributed by atoms with van der Waals surface area (Å²) in [6.45, 7) is 0. The lowest BCUT2D eigenvalue weighted by Crippen LogP contribution is -2.10. The second-order valence-corrected chi connectivity index (χ2v) is 6.53. The van der Waals surface area contributed by atoms with Gasteiger partial charge in [0.15, 0.2) is 0 Å². The van der Waals surface area contributed by atoms with Crippen LogP contribution in [0.4, 0.5) is 0 Å². The molecule has 1 rings (SSSR count). The quantitative estimate of drug-likeness (QED) is 0.326. The number of thioether (sulfide) groups is 1. The average molecular weight is 231 g/mol. The molecule has 0 radical (unpaired) electrons. The molecule has 0 bridgehead atoms. The van der Waals surface area contributed by atoms with Crippen LogP contribution in [-0.4, -0.2) is 39.6 Å². The lowest BCUT2D eigenvalue weighted by molar-refractivity contribution is 0.224. The molecule has 0 spiro atoms. The third-order valence-corrected chi connectivity index (χ3v) is 5.26. The molecule has 11 heavy (non-hydrogen) atoms. The van der Waals surface area contributed by atoms with E-state index in [1.807, 2.05) is 22.6 Å². The van der Waals surface area contributed by atoms with Gasteiger partial charge in [0.05, 0.1) is 6.10 Å². The van der Waals surface area contributed by atoms with Gasteiger partial charge in [0.2, 0.25) is 0 Å². The van der Waals surface area contributed by atoms with Crippen molar-refractivity contribution in [3.05, 3.63) is 0 Å². The number of halogens is 1. The van der Waals surface area contributed by atoms with E-state index in [4.69, 9.17) is 16.7 Å². The molecular weight excluding hydrogens is 220 g/mol. The van der Waals surface area contributed by atoms with E-state index < -0.39 is 0 Å². The van der Waals surface area contributed by atoms with Gasteiger partial charge in [0.1, 0.15) is 0 Å². The largest absolute Gasteiger partial charge is 0.391 e. The molecule has 1 fully saturated rings. The van der Waals surface area contributed by atoms with Crippen molar-refractivity contribution in [3.63, 3.8) is 0 Å². The second-order valence-electron chi connectivity index (χ2n) is 2.33. The summed E-state index contributed by atoms with van der Waals surface area (Å²) < 4.78 is 0. The lowest BCUT2D eigenvalue weighted by atomic mass is 10.5. The van der Waals surface area contributed by atoms with Crippen LogP contribution in [0.5, 0.6) is 0 Å². The molecule has 0 aromatic heterocycles. The van der Waals surface area contributed by atoms with Crippen LogP contribution in [0.25, 0.3) is 0 Å². The first-order valence-electron chi connectivity index (χ1n) is 3.43. The minimum Gasteiger partial charge on any atom is -0.391 e. The third-order valence-electron chi connectivity index (χ3n) is 1.18. The highest BCUT2D eigenvalue weighted by atomic mass is 35.5. The van der Waals surface area contributed by atoms with Crippen LogP contribution in [0.3, 0.4) is 0 Å². The first-order valence-corrected chi connectivity index (χ1v) is 7.50. The summed E-state index contributed by atoms with van der Waals surface area (Å²) in [5.41, 5.74) is 0. The minimum atomic E-state index is -0.332. The molecule has 0 aromatic rings. The van der Waals surface area contributed by atoms with Crippen LogP contribution in [0.2, 0.25) is 0 Å². The highest BCUT2D eigenvalue weighted by Crippen LogP contribution is 2.36.